The van der Waals surface area contributed by atoms with E-state index in [4.69, 9.17) is 19.3 Å². The quantitative estimate of drug-likeness (QED) is 0.744. The Morgan fingerprint density at radius 1 is 1.33 bits per heavy atom. The van der Waals surface area contributed by atoms with Gasteiger partial charge in [-0.2, -0.15) is 0 Å². The molecule has 1 atom stereocenters. The Morgan fingerprint density at radius 2 is 1.95 bits per heavy atom. The first-order valence-electron chi connectivity index (χ1n) is 6.36. The summed E-state index contributed by atoms with van der Waals surface area (Å²) in [4.78, 5) is 30.4. The van der Waals surface area contributed by atoms with Crippen molar-refractivity contribution in [3.8, 4) is 0 Å². The van der Waals surface area contributed by atoms with E-state index in [-0.39, 0.29) is 13.2 Å². The summed E-state index contributed by atoms with van der Waals surface area (Å²) in [5, 5.41) is 0. The third kappa shape index (κ3) is 7.82. The molecule has 21 heavy (non-hydrogen) atoms. The monoisotopic (exact) mass is 317 g/mol. The lowest BCUT2D eigenvalue weighted by molar-refractivity contribution is 0.0503. The Hall–Kier alpha value is -1.40. The Balaban J connectivity index is 2.32. The lowest BCUT2D eigenvalue weighted by Crippen LogP contribution is -2.34. The summed E-state index contributed by atoms with van der Waals surface area (Å²) in [5.74, 6) is 0. The predicted molar refractivity (Wildman–Crippen MR) is 76.7 cm³/mol. The number of hydrogen-bond donors (Lipinski definition) is 2. The van der Waals surface area contributed by atoms with Crippen LogP contribution in [0, 0.1) is 0 Å². The highest BCUT2D eigenvalue weighted by atomic mass is 31.2. The van der Waals surface area contributed by atoms with Crippen LogP contribution in [0.25, 0.3) is 0 Å². The van der Waals surface area contributed by atoms with Crippen LogP contribution in [0.15, 0.2) is 30.3 Å². The van der Waals surface area contributed by atoms with Gasteiger partial charge in [-0.3, -0.25) is 4.57 Å². The first-order chi connectivity index (χ1) is 9.78. The Morgan fingerprint density at radius 3 is 2.52 bits per heavy atom. The van der Waals surface area contributed by atoms with Crippen LogP contribution < -0.4 is 0 Å². The Kier molecular flexibility index (Phi) is 6.84. The molecule has 0 radical (unpaired) electrons. The molecular weight excluding hydrogens is 297 g/mol. The SMILES string of the molecule is C[C@H](CN(C)C(=O)OCc1ccccc1)OCP(=O)(O)O. The number of nitrogens with zero attached hydrogens (tertiary/aromatic N) is 1. The van der Waals surface area contributed by atoms with E-state index in [0.29, 0.717) is 0 Å². The molecule has 118 valence electrons. The standard InChI is InChI=1S/C13H20NO6P/c1-11(20-10-21(16,17)18)8-14(2)13(15)19-9-12-6-4-3-5-7-12/h3-7,11H,8-10H2,1-2H3,(H2,16,17,18)/t11-/m1/s1. The van der Waals surface area contributed by atoms with Crippen LogP contribution >= 0.6 is 7.60 Å². The number of ether oxygens (including phenoxy) is 2. The fourth-order valence-electron chi connectivity index (χ4n) is 1.57. The van der Waals surface area contributed by atoms with Gasteiger partial charge >= 0.3 is 13.7 Å². The summed E-state index contributed by atoms with van der Waals surface area (Å²) in [6.07, 6.45) is -1.70. The average molecular weight is 317 g/mol. The lowest BCUT2D eigenvalue weighted by atomic mass is 10.2. The first kappa shape index (κ1) is 17.7. The van der Waals surface area contributed by atoms with Crippen molar-refractivity contribution in [2.75, 3.05) is 19.9 Å². The van der Waals surface area contributed by atoms with E-state index in [9.17, 15) is 9.36 Å². The van der Waals surface area contributed by atoms with E-state index in [1.165, 1.54) is 11.9 Å². The van der Waals surface area contributed by atoms with Gasteiger partial charge in [0, 0.05) is 13.6 Å². The van der Waals surface area contributed by atoms with Crippen molar-refractivity contribution in [3.05, 3.63) is 35.9 Å². The molecule has 0 aliphatic rings. The smallest absolute Gasteiger partial charge is 0.409 e. The molecule has 0 spiro atoms. The number of rotatable bonds is 7. The maximum atomic E-state index is 11.7. The molecule has 1 aromatic carbocycles. The van der Waals surface area contributed by atoms with Crippen LogP contribution in [0.5, 0.6) is 0 Å². The fraction of sp³-hybridized carbons (Fsp3) is 0.462. The minimum absolute atomic E-state index is 0.168. The molecule has 7 nitrogen and oxygen atoms in total. The minimum Gasteiger partial charge on any atom is -0.445 e. The van der Waals surface area contributed by atoms with Crippen LogP contribution in [-0.4, -0.2) is 46.8 Å². The largest absolute Gasteiger partial charge is 0.445 e. The van der Waals surface area contributed by atoms with E-state index in [1.807, 2.05) is 30.3 Å². The van der Waals surface area contributed by atoms with Crippen molar-refractivity contribution >= 4 is 13.7 Å². The van der Waals surface area contributed by atoms with E-state index in [0.717, 1.165) is 5.56 Å². The van der Waals surface area contributed by atoms with Crippen molar-refractivity contribution in [1.82, 2.24) is 4.90 Å². The first-order valence-corrected chi connectivity index (χ1v) is 8.15. The molecule has 0 aliphatic carbocycles. The van der Waals surface area contributed by atoms with E-state index < -0.39 is 26.1 Å². The van der Waals surface area contributed by atoms with Crippen molar-refractivity contribution in [2.24, 2.45) is 0 Å². The second kappa shape index (κ2) is 8.14. The van der Waals surface area contributed by atoms with Gasteiger partial charge in [0.25, 0.3) is 0 Å². The molecule has 1 aromatic rings. The summed E-state index contributed by atoms with van der Waals surface area (Å²) >= 11 is 0. The van der Waals surface area contributed by atoms with Crippen molar-refractivity contribution in [2.45, 2.75) is 19.6 Å². The molecule has 0 aliphatic heterocycles. The molecule has 0 fully saturated rings. The number of carbonyl (C=O) groups excluding carboxylic acids is 1. The van der Waals surface area contributed by atoms with Crippen molar-refractivity contribution < 1.29 is 28.6 Å². The van der Waals surface area contributed by atoms with Gasteiger partial charge in [0.2, 0.25) is 0 Å². The number of amides is 1. The molecule has 0 unspecified atom stereocenters. The number of carbonyl (C=O) groups is 1. The minimum atomic E-state index is -4.20. The second-order valence-corrected chi connectivity index (χ2v) is 6.28. The third-order valence-corrected chi connectivity index (χ3v) is 3.06. The van der Waals surface area contributed by atoms with E-state index in [1.54, 1.807) is 6.92 Å². The van der Waals surface area contributed by atoms with Crippen LogP contribution in [0.1, 0.15) is 12.5 Å². The van der Waals surface area contributed by atoms with Crippen LogP contribution in [0.2, 0.25) is 0 Å². The molecule has 8 heteroatoms. The molecule has 0 heterocycles. The highest BCUT2D eigenvalue weighted by Gasteiger charge is 2.18. The van der Waals surface area contributed by atoms with Gasteiger partial charge in [0.05, 0.1) is 6.10 Å². The zero-order valence-corrected chi connectivity index (χ0v) is 12.9. The van der Waals surface area contributed by atoms with E-state index in [2.05, 4.69) is 0 Å². The molecule has 0 saturated carbocycles. The Bertz CT molecular complexity index is 489. The highest BCUT2D eigenvalue weighted by molar-refractivity contribution is 7.51. The molecule has 1 rings (SSSR count). The van der Waals surface area contributed by atoms with Gasteiger partial charge < -0.3 is 24.2 Å². The molecule has 0 bridgehead atoms. The lowest BCUT2D eigenvalue weighted by Gasteiger charge is -2.21. The number of benzene rings is 1. The Labute approximate surface area is 123 Å². The van der Waals surface area contributed by atoms with Gasteiger partial charge in [-0.1, -0.05) is 30.3 Å². The predicted octanol–water partition coefficient (Wildman–Crippen LogP) is 1.80. The van der Waals surface area contributed by atoms with Gasteiger partial charge in [-0.05, 0) is 12.5 Å². The van der Waals surface area contributed by atoms with Gasteiger partial charge in [0.15, 0.2) is 0 Å². The van der Waals surface area contributed by atoms with Gasteiger partial charge in [-0.15, -0.1) is 0 Å². The third-order valence-electron chi connectivity index (χ3n) is 2.58. The second-order valence-electron chi connectivity index (χ2n) is 4.69. The molecule has 0 aromatic heterocycles. The maximum Gasteiger partial charge on any atom is 0.409 e. The summed E-state index contributed by atoms with van der Waals surface area (Å²) in [6, 6.07) is 9.27. The summed E-state index contributed by atoms with van der Waals surface area (Å²) < 4.78 is 20.8. The maximum absolute atomic E-state index is 11.7. The van der Waals surface area contributed by atoms with Crippen LogP contribution in [0.4, 0.5) is 4.79 Å². The molecule has 2 N–H and O–H groups in total. The van der Waals surface area contributed by atoms with Crippen LogP contribution in [-0.2, 0) is 20.6 Å². The summed E-state index contributed by atoms with van der Waals surface area (Å²) in [7, 11) is -2.66. The van der Waals surface area contributed by atoms with Crippen molar-refractivity contribution in [1.29, 1.82) is 0 Å². The van der Waals surface area contributed by atoms with Gasteiger partial charge in [-0.25, -0.2) is 4.79 Å². The zero-order chi connectivity index (χ0) is 15.9. The number of hydrogen-bond acceptors (Lipinski definition) is 4. The molecule has 1 amide bonds. The summed E-state index contributed by atoms with van der Waals surface area (Å²) in [6.45, 7) is 1.96. The molecule has 0 saturated heterocycles. The van der Waals surface area contributed by atoms with Crippen LogP contribution in [0.3, 0.4) is 0 Å². The highest BCUT2D eigenvalue weighted by Crippen LogP contribution is 2.34. The van der Waals surface area contributed by atoms with E-state index >= 15 is 0 Å². The normalized spacial score (nSPS) is 12.8. The molecular formula is C13H20NO6P. The van der Waals surface area contributed by atoms with Gasteiger partial charge in [0.1, 0.15) is 13.0 Å². The number of likely N-dealkylation sites (N-methyl/N-ethyl adjacent to an activating group) is 1. The summed E-state index contributed by atoms with van der Waals surface area (Å²) in [5.41, 5.74) is 0.880. The average Bonchev–Trinajstić information content (AvgIpc) is 2.43. The topological polar surface area (TPSA) is 96.3 Å². The fourth-order valence-corrected chi connectivity index (χ4v) is 2.02. The van der Waals surface area contributed by atoms with Crippen molar-refractivity contribution in [3.63, 3.8) is 0 Å². The zero-order valence-electron chi connectivity index (χ0n) is 12.0.